The van der Waals surface area contributed by atoms with Crippen LogP contribution < -0.4 is 5.32 Å². The smallest absolute Gasteiger partial charge is 0.224 e. The van der Waals surface area contributed by atoms with Crippen molar-refractivity contribution >= 4 is 11.6 Å². The first-order valence-electron chi connectivity index (χ1n) is 8.21. The van der Waals surface area contributed by atoms with Gasteiger partial charge in [0.25, 0.3) is 0 Å². The summed E-state index contributed by atoms with van der Waals surface area (Å²) in [5, 5.41) is 11.0. The van der Waals surface area contributed by atoms with E-state index in [9.17, 15) is 4.79 Å². The number of carbonyl (C=O) groups is 1. The molecule has 7 heteroatoms. The number of nitrogens with one attached hydrogen (secondary N) is 1. The monoisotopic (exact) mass is 338 g/mol. The van der Waals surface area contributed by atoms with Crippen LogP contribution in [0.5, 0.6) is 0 Å². The molecular weight excluding hydrogens is 316 g/mol. The number of rotatable bonds is 5. The number of nitrogens with zero attached hydrogens (tertiary/aromatic N) is 5. The Morgan fingerprint density at radius 3 is 2.40 bits per heavy atom. The molecule has 0 atom stereocenters. The van der Waals surface area contributed by atoms with Crippen LogP contribution in [0.25, 0.3) is 5.69 Å². The Hall–Kier alpha value is -2.96. The normalized spacial score (nSPS) is 10.9. The van der Waals surface area contributed by atoms with Gasteiger partial charge in [0.1, 0.15) is 11.6 Å². The van der Waals surface area contributed by atoms with Crippen LogP contribution in [0.15, 0.2) is 30.6 Å². The highest BCUT2D eigenvalue weighted by Gasteiger charge is 2.09. The van der Waals surface area contributed by atoms with Crippen LogP contribution in [0, 0.1) is 20.8 Å². The molecule has 7 nitrogen and oxygen atoms in total. The Bertz CT molecular complexity index is 891. The number of hydrogen-bond acceptors (Lipinski definition) is 4. The number of aromatic nitrogens is 5. The molecule has 1 aromatic carbocycles. The number of imidazole rings is 1. The van der Waals surface area contributed by atoms with Crippen LogP contribution >= 0.6 is 0 Å². The largest absolute Gasteiger partial charge is 0.326 e. The van der Waals surface area contributed by atoms with Crippen molar-refractivity contribution in [3.8, 4) is 5.69 Å². The first-order valence-corrected chi connectivity index (χ1v) is 8.21. The summed E-state index contributed by atoms with van der Waals surface area (Å²) in [4.78, 5) is 16.4. The third-order valence-corrected chi connectivity index (χ3v) is 4.44. The highest BCUT2D eigenvalue weighted by atomic mass is 16.1. The molecule has 0 unspecified atom stereocenters. The molecule has 0 aliphatic carbocycles. The number of carbonyl (C=O) groups excluding carboxylic acids is 1. The molecule has 3 rings (SSSR count). The van der Waals surface area contributed by atoms with Crippen molar-refractivity contribution < 1.29 is 4.79 Å². The lowest BCUT2D eigenvalue weighted by molar-refractivity contribution is -0.116. The zero-order chi connectivity index (χ0) is 18.0. The number of anilines is 1. The Balaban J connectivity index is 1.60. The van der Waals surface area contributed by atoms with Crippen molar-refractivity contribution in [3.63, 3.8) is 0 Å². The molecular formula is C18H22N6O. The molecule has 0 spiro atoms. The molecule has 0 saturated carbocycles. The fraction of sp³-hybridized carbons (Fsp3) is 0.333. The Kier molecular flexibility index (Phi) is 4.65. The zero-order valence-electron chi connectivity index (χ0n) is 14.9. The molecule has 0 radical (unpaired) electrons. The summed E-state index contributed by atoms with van der Waals surface area (Å²) in [6.45, 7) is 5.91. The summed E-state index contributed by atoms with van der Waals surface area (Å²) in [7, 11) is 1.90. The standard InChI is InChI=1S/C18H22N6O/c1-12-13(2)24(11-19-12)16-7-5-15(6-8-16)20-18(25)10-9-17-22-21-14(3)23(17)4/h5-8,11H,9-10H2,1-4H3,(H,20,25). The van der Waals surface area contributed by atoms with E-state index < -0.39 is 0 Å². The topological polar surface area (TPSA) is 77.6 Å². The highest BCUT2D eigenvalue weighted by molar-refractivity contribution is 5.90. The van der Waals surface area contributed by atoms with Crippen LogP contribution in [0.4, 0.5) is 5.69 Å². The summed E-state index contributed by atoms with van der Waals surface area (Å²) in [5.74, 6) is 1.62. The molecule has 3 aromatic rings. The van der Waals surface area contributed by atoms with E-state index in [2.05, 4.69) is 20.5 Å². The quantitative estimate of drug-likeness (QED) is 0.775. The van der Waals surface area contributed by atoms with Crippen LogP contribution in [-0.2, 0) is 18.3 Å². The van der Waals surface area contributed by atoms with Gasteiger partial charge in [-0.05, 0) is 45.0 Å². The Morgan fingerprint density at radius 1 is 1.12 bits per heavy atom. The molecule has 25 heavy (non-hydrogen) atoms. The van der Waals surface area contributed by atoms with E-state index in [1.807, 2.05) is 61.2 Å². The molecule has 2 heterocycles. The lowest BCUT2D eigenvalue weighted by atomic mass is 10.2. The van der Waals surface area contributed by atoms with Gasteiger partial charge in [-0.2, -0.15) is 0 Å². The maximum Gasteiger partial charge on any atom is 0.224 e. The number of benzene rings is 1. The van der Waals surface area contributed by atoms with Crippen molar-refractivity contribution in [2.75, 3.05) is 5.32 Å². The van der Waals surface area contributed by atoms with Gasteiger partial charge in [-0.25, -0.2) is 4.98 Å². The minimum absolute atomic E-state index is 0.0388. The van der Waals surface area contributed by atoms with Gasteiger partial charge in [-0.3, -0.25) is 4.79 Å². The van der Waals surface area contributed by atoms with Gasteiger partial charge in [0, 0.05) is 37.0 Å². The Morgan fingerprint density at radius 2 is 1.84 bits per heavy atom. The van der Waals surface area contributed by atoms with Crippen LogP contribution in [0.1, 0.15) is 29.5 Å². The van der Waals surface area contributed by atoms with Gasteiger partial charge < -0.3 is 14.5 Å². The van der Waals surface area contributed by atoms with Crippen LogP contribution in [0.2, 0.25) is 0 Å². The molecule has 1 amide bonds. The van der Waals surface area contributed by atoms with E-state index in [0.717, 1.165) is 34.4 Å². The summed E-state index contributed by atoms with van der Waals surface area (Å²) in [6.07, 6.45) is 2.74. The van der Waals surface area contributed by atoms with Crippen molar-refractivity contribution in [1.82, 2.24) is 24.3 Å². The predicted molar refractivity (Wildman–Crippen MR) is 95.7 cm³/mol. The van der Waals surface area contributed by atoms with Gasteiger partial charge in [0.05, 0.1) is 12.0 Å². The van der Waals surface area contributed by atoms with Crippen molar-refractivity contribution in [3.05, 3.63) is 53.6 Å². The fourth-order valence-electron chi connectivity index (χ4n) is 2.58. The van der Waals surface area contributed by atoms with Gasteiger partial charge in [-0.15, -0.1) is 10.2 Å². The SMILES string of the molecule is Cc1ncn(-c2ccc(NC(=O)CCc3nnc(C)n3C)cc2)c1C. The molecule has 2 aromatic heterocycles. The summed E-state index contributed by atoms with van der Waals surface area (Å²) < 4.78 is 3.93. The third-order valence-electron chi connectivity index (χ3n) is 4.44. The number of hydrogen-bond donors (Lipinski definition) is 1. The van der Waals surface area contributed by atoms with Crippen LogP contribution in [-0.4, -0.2) is 30.2 Å². The molecule has 0 aliphatic rings. The van der Waals surface area contributed by atoms with Crippen LogP contribution in [0.3, 0.4) is 0 Å². The molecule has 1 N–H and O–H groups in total. The molecule has 0 fully saturated rings. The average molecular weight is 338 g/mol. The predicted octanol–water partition coefficient (Wildman–Crippen LogP) is 2.50. The second-order valence-electron chi connectivity index (χ2n) is 6.10. The van der Waals surface area contributed by atoms with Crippen molar-refractivity contribution in [2.24, 2.45) is 7.05 Å². The minimum atomic E-state index is -0.0388. The maximum absolute atomic E-state index is 12.1. The number of amides is 1. The summed E-state index contributed by atoms with van der Waals surface area (Å²) >= 11 is 0. The molecule has 0 saturated heterocycles. The average Bonchev–Trinajstić information content (AvgIpc) is 3.10. The molecule has 0 aliphatic heterocycles. The lowest BCUT2D eigenvalue weighted by Gasteiger charge is -2.08. The maximum atomic E-state index is 12.1. The third kappa shape index (κ3) is 3.60. The van der Waals surface area contributed by atoms with E-state index in [-0.39, 0.29) is 5.91 Å². The van der Waals surface area contributed by atoms with E-state index in [1.54, 1.807) is 6.33 Å². The summed E-state index contributed by atoms with van der Waals surface area (Å²) in [6, 6.07) is 7.73. The van der Waals surface area contributed by atoms with E-state index >= 15 is 0 Å². The first-order chi connectivity index (χ1) is 12.0. The van der Waals surface area contributed by atoms with Crippen molar-refractivity contribution in [2.45, 2.75) is 33.6 Å². The van der Waals surface area contributed by atoms with E-state index in [1.165, 1.54) is 0 Å². The van der Waals surface area contributed by atoms with Gasteiger partial charge >= 0.3 is 0 Å². The minimum Gasteiger partial charge on any atom is -0.326 e. The second-order valence-corrected chi connectivity index (χ2v) is 6.10. The second kappa shape index (κ2) is 6.88. The van der Waals surface area contributed by atoms with Gasteiger partial charge in [0.15, 0.2) is 0 Å². The highest BCUT2D eigenvalue weighted by Crippen LogP contribution is 2.17. The van der Waals surface area contributed by atoms with Gasteiger partial charge in [-0.1, -0.05) is 0 Å². The van der Waals surface area contributed by atoms with E-state index in [0.29, 0.717) is 12.8 Å². The lowest BCUT2D eigenvalue weighted by Crippen LogP contribution is -2.13. The van der Waals surface area contributed by atoms with E-state index in [4.69, 9.17) is 0 Å². The fourth-order valence-corrected chi connectivity index (χ4v) is 2.58. The molecule has 130 valence electrons. The van der Waals surface area contributed by atoms with Crippen molar-refractivity contribution in [1.29, 1.82) is 0 Å². The zero-order valence-corrected chi connectivity index (χ0v) is 14.9. The van der Waals surface area contributed by atoms with Gasteiger partial charge in [0.2, 0.25) is 5.91 Å². The first kappa shape index (κ1) is 16.9. The molecule has 0 bridgehead atoms. The number of aryl methyl sites for hydroxylation is 3. The Labute approximate surface area is 146 Å². The summed E-state index contributed by atoms with van der Waals surface area (Å²) in [5.41, 5.74) is 3.91.